The monoisotopic (exact) mass is 476 g/mol. The number of nitrogens with zero attached hydrogens (tertiary/aromatic N) is 1. The molecule has 0 saturated heterocycles. The first-order valence-corrected chi connectivity index (χ1v) is 11.6. The molecule has 0 aliphatic carbocycles. The first kappa shape index (κ1) is 28.9. The van der Waals surface area contributed by atoms with Crippen molar-refractivity contribution in [1.29, 1.82) is 0 Å². The average Bonchev–Trinajstić information content (AvgIpc) is 2.67. The van der Waals surface area contributed by atoms with Crippen molar-refractivity contribution >= 4 is 23.8 Å². The van der Waals surface area contributed by atoms with Crippen molar-refractivity contribution in [2.75, 3.05) is 6.54 Å². The Morgan fingerprint density at radius 1 is 1.03 bits per heavy atom. The molecule has 190 valence electrons. The summed E-state index contributed by atoms with van der Waals surface area (Å²) in [7, 11) is 0. The van der Waals surface area contributed by atoms with Crippen LogP contribution in [0.4, 0.5) is 4.79 Å². The molecule has 0 aliphatic rings. The number of primary amides is 1. The van der Waals surface area contributed by atoms with Crippen molar-refractivity contribution in [1.82, 2.24) is 15.5 Å². The largest absolute Gasteiger partial charge is 0.444 e. The summed E-state index contributed by atoms with van der Waals surface area (Å²) in [6, 6.07) is 6.69. The fourth-order valence-corrected chi connectivity index (χ4v) is 3.29. The Morgan fingerprint density at radius 3 is 2.09 bits per heavy atom. The van der Waals surface area contributed by atoms with Crippen LogP contribution in [0.1, 0.15) is 79.3 Å². The predicted octanol–water partition coefficient (Wildman–Crippen LogP) is 3.04. The number of carbonyl (C=O) groups excluding carboxylic acids is 4. The molecular formula is C25H40N4O5. The van der Waals surface area contributed by atoms with Crippen LogP contribution in [-0.2, 0) is 19.1 Å². The second-order valence-electron chi connectivity index (χ2n) is 10.3. The Balaban J connectivity index is 3.43. The molecule has 4 amide bonds. The SMILES string of the molecule is CCCCN(C(=O)C(CC(N)=O)NC(=O)OC(C)(C)C)C(C(=O)NC(C)(C)C)c1ccccc1. The maximum Gasteiger partial charge on any atom is 0.408 e. The maximum absolute atomic E-state index is 13.7. The standard InChI is InChI=1S/C25H40N4O5/c1-8-9-15-29(20(17-13-11-10-12-14-17)21(31)28-24(2,3)4)22(32)18(16-19(26)30)27-23(33)34-25(5,6)7/h10-14,18,20H,8-9,15-16H2,1-7H3,(H2,26,30)(H,27,33)(H,28,31). The van der Waals surface area contributed by atoms with Crippen LogP contribution in [0.15, 0.2) is 30.3 Å². The normalized spacial score (nSPS) is 13.4. The molecule has 0 spiro atoms. The summed E-state index contributed by atoms with van der Waals surface area (Å²) in [5.74, 6) is -1.71. The number of alkyl carbamates (subject to hydrolysis) is 1. The summed E-state index contributed by atoms with van der Waals surface area (Å²) in [5, 5.41) is 5.41. The molecule has 1 rings (SSSR count). The smallest absolute Gasteiger partial charge is 0.408 e. The van der Waals surface area contributed by atoms with Gasteiger partial charge in [-0.05, 0) is 53.5 Å². The maximum atomic E-state index is 13.7. The highest BCUT2D eigenvalue weighted by Gasteiger charge is 2.37. The zero-order valence-electron chi connectivity index (χ0n) is 21.4. The number of amides is 4. The third-order valence-corrected chi connectivity index (χ3v) is 4.60. The van der Waals surface area contributed by atoms with E-state index >= 15 is 0 Å². The first-order valence-electron chi connectivity index (χ1n) is 11.6. The molecule has 34 heavy (non-hydrogen) atoms. The number of nitrogens with two attached hydrogens (primary N) is 1. The number of rotatable bonds is 10. The molecule has 0 bridgehead atoms. The molecule has 0 aromatic heterocycles. The van der Waals surface area contributed by atoms with Crippen molar-refractivity contribution < 1.29 is 23.9 Å². The Hall–Kier alpha value is -3.10. The number of ether oxygens (including phenoxy) is 1. The molecule has 9 heteroatoms. The van der Waals surface area contributed by atoms with Gasteiger partial charge in [-0.15, -0.1) is 0 Å². The van der Waals surface area contributed by atoms with E-state index in [1.165, 1.54) is 4.90 Å². The summed E-state index contributed by atoms with van der Waals surface area (Å²) in [6.45, 7) is 12.8. The summed E-state index contributed by atoms with van der Waals surface area (Å²) in [4.78, 5) is 52.7. The lowest BCUT2D eigenvalue weighted by Gasteiger charge is -2.36. The summed E-state index contributed by atoms with van der Waals surface area (Å²) in [6.07, 6.45) is 0.112. The third kappa shape index (κ3) is 10.2. The van der Waals surface area contributed by atoms with Gasteiger partial charge in [0.1, 0.15) is 17.7 Å². The molecule has 9 nitrogen and oxygen atoms in total. The van der Waals surface area contributed by atoms with Crippen LogP contribution in [-0.4, -0.2) is 52.4 Å². The van der Waals surface area contributed by atoms with E-state index in [2.05, 4.69) is 10.6 Å². The van der Waals surface area contributed by atoms with Crippen molar-refractivity contribution in [3.05, 3.63) is 35.9 Å². The number of unbranched alkanes of at least 4 members (excludes halogenated alkanes) is 1. The zero-order valence-corrected chi connectivity index (χ0v) is 21.4. The van der Waals surface area contributed by atoms with Crippen LogP contribution in [0.5, 0.6) is 0 Å². The number of carbonyl (C=O) groups is 4. The average molecular weight is 477 g/mol. The van der Waals surface area contributed by atoms with Gasteiger partial charge in [-0.2, -0.15) is 0 Å². The highest BCUT2D eigenvalue weighted by Crippen LogP contribution is 2.24. The number of benzene rings is 1. The van der Waals surface area contributed by atoms with Gasteiger partial charge in [0.25, 0.3) is 0 Å². The lowest BCUT2D eigenvalue weighted by Crippen LogP contribution is -2.55. The molecular weight excluding hydrogens is 436 g/mol. The second-order valence-corrected chi connectivity index (χ2v) is 10.3. The van der Waals surface area contributed by atoms with E-state index in [9.17, 15) is 19.2 Å². The molecule has 0 saturated carbocycles. The van der Waals surface area contributed by atoms with Gasteiger partial charge in [-0.1, -0.05) is 43.7 Å². The minimum Gasteiger partial charge on any atom is -0.444 e. The van der Waals surface area contributed by atoms with E-state index in [-0.39, 0.29) is 12.5 Å². The van der Waals surface area contributed by atoms with Gasteiger partial charge in [0.05, 0.1) is 6.42 Å². The van der Waals surface area contributed by atoms with E-state index in [4.69, 9.17) is 10.5 Å². The second kappa shape index (κ2) is 12.4. The molecule has 1 aromatic rings. The van der Waals surface area contributed by atoms with E-state index < -0.39 is 47.6 Å². The summed E-state index contributed by atoms with van der Waals surface area (Å²) >= 11 is 0. The van der Waals surface area contributed by atoms with Crippen LogP contribution < -0.4 is 16.4 Å². The van der Waals surface area contributed by atoms with Crippen molar-refractivity contribution in [2.24, 2.45) is 5.73 Å². The van der Waals surface area contributed by atoms with Crippen LogP contribution in [0.3, 0.4) is 0 Å². The van der Waals surface area contributed by atoms with Gasteiger partial charge in [0.2, 0.25) is 17.7 Å². The van der Waals surface area contributed by atoms with Crippen LogP contribution in [0.2, 0.25) is 0 Å². The predicted molar refractivity (Wildman–Crippen MR) is 131 cm³/mol. The Labute approximate surface area is 202 Å². The Bertz CT molecular complexity index is 843. The fraction of sp³-hybridized carbons (Fsp3) is 0.600. The molecule has 2 atom stereocenters. The van der Waals surface area contributed by atoms with Gasteiger partial charge in [0, 0.05) is 12.1 Å². The first-order chi connectivity index (χ1) is 15.6. The topological polar surface area (TPSA) is 131 Å². The molecule has 0 heterocycles. The molecule has 0 aliphatic heterocycles. The fourth-order valence-electron chi connectivity index (χ4n) is 3.29. The minimum absolute atomic E-state index is 0.248. The van der Waals surface area contributed by atoms with Gasteiger partial charge in [0.15, 0.2) is 0 Å². The van der Waals surface area contributed by atoms with E-state index in [0.717, 1.165) is 6.42 Å². The summed E-state index contributed by atoms with van der Waals surface area (Å²) in [5.41, 5.74) is 4.66. The molecule has 2 unspecified atom stereocenters. The van der Waals surface area contributed by atoms with E-state index in [1.54, 1.807) is 45.0 Å². The number of nitrogens with one attached hydrogen (secondary N) is 2. The van der Waals surface area contributed by atoms with Gasteiger partial charge in [-0.3, -0.25) is 14.4 Å². The molecule has 1 aromatic carbocycles. The van der Waals surface area contributed by atoms with Crippen molar-refractivity contribution in [3.8, 4) is 0 Å². The van der Waals surface area contributed by atoms with Gasteiger partial charge < -0.3 is 26.0 Å². The third-order valence-electron chi connectivity index (χ3n) is 4.60. The van der Waals surface area contributed by atoms with Gasteiger partial charge >= 0.3 is 6.09 Å². The Morgan fingerprint density at radius 2 is 1.62 bits per heavy atom. The highest BCUT2D eigenvalue weighted by atomic mass is 16.6. The van der Waals surface area contributed by atoms with Crippen LogP contribution in [0.25, 0.3) is 0 Å². The quantitative estimate of drug-likeness (QED) is 0.478. The van der Waals surface area contributed by atoms with Crippen molar-refractivity contribution in [2.45, 2.75) is 91.0 Å². The molecule has 4 N–H and O–H groups in total. The number of hydrogen-bond acceptors (Lipinski definition) is 5. The van der Waals surface area contributed by atoms with E-state index in [1.807, 2.05) is 33.8 Å². The number of hydrogen-bond donors (Lipinski definition) is 3. The van der Waals surface area contributed by atoms with Gasteiger partial charge in [-0.25, -0.2) is 4.79 Å². The molecule has 0 radical (unpaired) electrons. The lowest BCUT2D eigenvalue weighted by molar-refractivity contribution is -0.144. The zero-order chi connectivity index (χ0) is 26.1. The minimum atomic E-state index is -1.28. The van der Waals surface area contributed by atoms with E-state index in [0.29, 0.717) is 12.0 Å². The highest BCUT2D eigenvalue weighted by molar-refractivity contribution is 5.94. The summed E-state index contributed by atoms with van der Waals surface area (Å²) < 4.78 is 5.27. The Kier molecular flexibility index (Phi) is 10.5. The van der Waals surface area contributed by atoms with Crippen LogP contribution in [0, 0.1) is 0 Å². The van der Waals surface area contributed by atoms with Crippen LogP contribution >= 0.6 is 0 Å². The van der Waals surface area contributed by atoms with Crippen molar-refractivity contribution in [3.63, 3.8) is 0 Å². The lowest BCUT2D eigenvalue weighted by atomic mass is 10.00. The molecule has 0 fully saturated rings.